The van der Waals surface area contributed by atoms with Crippen LogP contribution in [0.2, 0.25) is 0 Å². The van der Waals surface area contributed by atoms with Crippen molar-refractivity contribution in [3.63, 3.8) is 0 Å². The van der Waals surface area contributed by atoms with Crippen molar-refractivity contribution < 1.29 is 19.8 Å². The van der Waals surface area contributed by atoms with Gasteiger partial charge in [-0.3, -0.25) is 9.59 Å². The Kier molecular flexibility index (Phi) is 4.32. The molecule has 0 radical (unpaired) electrons. The number of carbonyl (C=O) groups is 2. The lowest BCUT2D eigenvalue weighted by Gasteiger charge is -2.04. The van der Waals surface area contributed by atoms with Crippen molar-refractivity contribution in [2.45, 2.75) is 12.8 Å². The fourth-order valence-electron chi connectivity index (χ4n) is 1.23. The van der Waals surface area contributed by atoms with E-state index in [9.17, 15) is 14.7 Å². The van der Waals surface area contributed by atoms with Gasteiger partial charge in [-0.15, -0.1) is 0 Å². The predicted molar refractivity (Wildman–Crippen MR) is 57.1 cm³/mol. The number of para-hydroxylation sites is 1. The van der Waals surface area contributed by atoms with Crippen LogP contribution >= 0.6 is 0 Å². The second-order valence-electron chi connectivity index (χ2n) is 3.30. The van der Waals surface area contributed by atoms with E-state index < -0.39 is 5.97 Å². The second kappa shape index (κ2) is 5.75. The minimum Gasteiger partial charge on any atom is -0.508 e. The summed E-state index contributed by atoms with van der Waals surface area (Å²) in [4.78, 5) is 21.4. The van der Waals surface area contributed by atoms with Gasteiger partial charge in [0.05, 0.1) is 0 Å². The van der Waals surface area contributed by atoms with Crippen LogP contribution in [0.1, 0.15) is 12.0 Å². The highest BCUT2D eigenvalue weighted by Gasteiger charge is 2.06. The number of benzene rings is 1. The van der Waals surface area contributed by atoms with Crippen LogP contribution in [-0.2, 0) is 16.0 Å². The molecule has 0 unspecified atom stereocenters. The van der Waals surface area contributed by atoms with Gasteiger partial charge >= 0.3 is 5.97 Å². The molecular weight excluding hydrogens is 210 g/mol. The number of phenolic OH excluding ortho intramolecular Hbond substituents is 1. The summed E-state index contributed by atoms with van der Waals surface area (Å²) in [5.74, 6) is -1.27. The molecular formula is C11H13NO4. The van der Waals surface area contributed by atoms with Crippen molar-refractivity contribution in [3.05, 3.63) is 29.8 Å². The number of carboxylic acid groups (broad SMARTS) is 1. The molecule has 0 atom stereocenters. The molecule has 0 fully saturated rings. The highest BCUT2D eigenvalue weighted by atomic mass is 16.4. The lowest BCUT2D eigenvalue weighted by atomic mass is 10.1. The summed E-state index contributed by atoms with van der Waals surface area (Å²) in [6, 6.07) is 6.73. The average molecular weight is 223 g/mol. The first-order valence-electron chi connectivity index (χ1n) is 4.85. The molecule has 86 valence electrons. The zero-order valence-electron chi connectivity index (χ0n) is 8.64. The molecule has 1 aromatic carbocycles. The van der Waals surface area contributed by atoms with Crippen LogP contribution in [0.3, 0.4) is 0 Å². The molecule has 0 aliphatic carbocycles. The summed E-state index contributed by atoms with van der Waals surface area (Å²) in [5, 5.41) is 20.0. The SMILES string of the molecule is O=C(O)CNC(=O)CCc1ccccc1O. The van der Waals surface area contributed by atoms with Crippen LogP contribution in [0.25, 0.3) is 0 Å². The van der Waals surface area contributed by atoms with E-state index in [2.05, 4.69) is 5.32 Å². The van der Waals surface area contributed by atoms with Gasteiger partial charge in [0.2, 0.25) is 5.91 Å². The van der Waals surface area contributed by atoms with Crippen LogP contribution in [-0.4, -0.2) is 28.6 Å². The van der Waals surface area contributed by atoms with Crippen molar-refractivity contribution in [2.24, 2.45) is 0 Å². The van der Waals surface area contributed by atoms with Crippen molar-refractivity contribution in [1.82, 2.24) is 5.32 Å². The molecule has 1 amide bonds. The molecule has 0 saturated carbocycles. The number of hydrogen-bond donors (Lipinski definition) is 3. The van der Waals surface area contributed by atoms with Gasteiger partial charge in [0.15, 0.2) is 0 Å². The van der Waals surface area contributed by atoms with Crippen LogP contribution < -0.4 is 5.32 Å². The van der Waals surface area contributed by atoms with E-state index in [1.807, 2.05) is 0 Å². The van der Waals surface area contributed by atoms with Crippen molar-refractivity contribution in [2.75, 3.05) is 6.54 Å². The number of rotatable bonds is 5. The van der Waals surface area contributed by atoms with Crippen LogP contribution in [0.15, 0.2) is 24.3 Å². The predicted octanol–water partition coefficient (Wildman–Crippen LogP) is 0.526. The standard InChI is InChI=1S/C11H13NO4/c13-9-4-2-1-3-8(9)5-6-10(14)12-7-11(15)16/h1-4,13H,5-7H2,(H,12,14)(H,15,16). The van der Waals surface area contributed by atoms with Gasteiger partial charge in [0.1, 0.15) is 12.3 Å². The van der Waals surface area contributed by atoms with Gasteiger partial charge in [0, 0.05) is 6.42 Å². The lowest BCUT2D eigenvalue weighted by molar-refractivity contribution is -0.137. The molecule has 16 heavy (non-hydrogen) atoms. The Bertz CT molecular complexity index is 389. The number of aryl methyl sites for hydroxylation is 1. The summed E-state index contributed by atoms with van der Waals surface area (Å²) in [7, 11) is 0. The molecule has 0 spiro atoms. The zero-order valence-corrected chi connectivity index (χ0v) is 8.64. The average Bonchev–Trinajstić information content (AvgIpc) is 2.25. The summed E-state index contributed by atoms with van der Waals surface area (Å²) in [5.41, 5.74) is 0.674. The van der Waals surface area contributed by atoms with E-state index in [-0.39, 0.29) is 24.6 Å². The van der Waals surface area contributed by atoms with E-state index in [1.54, 1.807) is 24.3 Å². The van der Waals surface area contributed by atoms with E-state index >= 15 is 0 Å². The number of amides is 1. The summed E-state index contributed by atoms with van der Waals surface area (Å²) in [6.07, 6.45) is 0.545. The number of carboxylic acids is 1. The number of carbonyl (C=O) groups excluding carboxylic acids is 1. The van der Waals surface area contributed by atoms with Crippen LogP contribution in [0.5, 0.6) is 5.75 Å². The molecule has 1 rings (SSSR count). The van der Waals surface area contributed by atoms with E-state index in [0.717, 1.165) is 0 Å². The number of phenols is 1. The third-order valence-corrected chi connectivity index (χ3v) is 2.05. The molecule has 0 aliphatic heterocycles. The summed E-state index contributed by atoms with van der Waals surface area (Å²) in [6.45, 7) is -0.375. The Morgan fingerprint density at radius 1 is 1.25 bits per heavy atom. The minimum atomic E-state index is -1.07. The minimum absolute atomic E-state index is 0.147. The van der Waals surface area contributed by atoms with Gasteiger partial charge < -0.3 is 15.5 Å². The van der Waals surface area contributed by atoms with Crippen molar-refractivity contribution in [1.29, 1.82) is 0 Å². The number of aromatic hydroxyl groups is 1. The fourth-order valence-corrected chi connectivity index (χ4v) is 1.23. The van der Waals surface area contributed by atoms with Crippen LogP contribution in [0, 0.1) is 0 Å². The third-order valence-electron chi connectivity index (χ3n) is 2.05. The van der Waals surface area contributed by atoms with E-state index in [4.69, 9.17) is 5.11 Å². The fraction of sp³-hybridized carbons (Fsp3) is 0.273. The maximum Gasteiger partial charge on any atom is 0.322 e. The Labute approximate surface area is 92.7 Å². The van der Waals surface area contributed by atoms with Crippen molar-refractivity contribution >= 4 is 11.9 Å². The van der Waals surface area contributed by atoms with Gasteiger partial charge in [-0.25, -0.2) is 0 Å². The Morgan fingerprint density at radius 3 is 2.56 bits per heavy atom. The first kappa shape index (κ1) is 12.0. The van der Waals surface area contributed by atoms with Gasteiger partial charge in [-0.05, 0) is 18.1 Å². The lowest BCUT2D eigenvalue weighted by Crippen LogP contribution is -2.29. The molecule has 0 aliphatic rings. The first-order valence-corrected chi connectivity index (χ1v) is 4.85. The van der Waals surface area contributed by atoms with Gasteiger partial charge in [-0.1, -0.05) is 18.2 Å². The molecule has 0 aromatic heterocycles. The number of nitrogens with one attached hydrogen (secondary N) is 1. The second-order valence-corrected chi connectivity index (χ2v) is 3.30. The highest BCUT2D eigenvalue weighted by Crippen LogP contribution is 2.16. The van der Waals surface area contributed by atoms with E-state index in [0.29, 0.717) is 12.0 Å². The van der Waals surface area contributed by atoms with Crippen molar-refractivity contribution in [3.8, 4) is 5.75 Å². The zero-order chi connectivity index (χ0) is 12.0. The first-order chi connectivity index (χ1) is 7.59. The Morgan fingerprint density at radius 2 is 1.94 bits per heavy atom. The molecule has 0 bridgehead atoms. The quantitative estimate of drug-likeness (QED) is 0.679. The largest absolute Gasteiger partial charge is 0.508 e. The monoisotopic (exact) mass is 223 g/mol. The Hall–Kier alpha value is -2.04. The highest BCUT2D eigenvalue weighted by molar-refractivity contribution is 5.81. The molecule has 0 heterocycles. The topological polar surface area (TPSA) is 86.6 Å². The maximum absolute atomic E-state index is 11.2. The normalized spacial score (nSPS) is 9.75. The molecule has 5 nitrogen and oxygen atoms in total. The van der Waals surface area contributed by atoms with Crippen LogP contribution in [0.4, 0.5) is 0 Å². The number of hydrogen-bond acceptors (Lipinski definition) is 3. The van der Waals surface area contributed by atoms with Gasteiger partial charge in [-0.2, -0.15) is 0 Å². The van der Waals surface area contributed by atoms with Gasteiger partial charge in [0.25, 0.3) is 0 Å². The summed E-state index contributed by atoms with van der Waals surface area (Å²) >= 11 is 0. The molecule has 3 N–H and O–H groups in total. The van der Waals surface area contributed by atoms with E-state index in [1.165, 1.54) is 0 Å². The molecule has 5 heteroatoms. The third kappa shape index (κ3) is 4.00. The smallest absolute Gasteiger partial charge is 0.322 e. The number of aliphatic carboxylic acids is 1. The molecule has 1 aromatic rings. The molecule has 0 saturated heterocycles. The maximum atomic E-state index is 11.2. The Balaban J connectivity index is 2.37. The summed E-state index contributed by atoms with van der Waals surface area (Å²) < 4.78 is 0.